The Morgan fingerprint density at radius 1 is 1.22 bits per heavy atom. The molecule has 1 aliphatic heterocycles. The zero-order chi connectivity index (χ0) is 16.8. The fourth-order valence-electron chi connectivity index (χ4n) is 2.32. The molecule has 0 atom stereocenters. The lowest BCUT2D eigenvalue weighted by Crippen LogP contribution is -2.30. The molecule has 0 fully saturated rings. The summed E-state index contributed by atoms with van der Waals surface area (Å²) >= 11 is 0. The van der Waals surface area contributed by atoms with Crippen LogP contribution in [0, 0.1) is 0 Å². The van der Waals surface area contributed by atoms with Crippen LogP contribution in [0.4, 0.5) is 0 Å². The van der Waals surface area contributed by atoms with E-state index in [0.717, 1.165) is 0 Å². The molecule has 0 aromatic heterocycles. The van der Waals surface area contributed by atoms with Crippen LogP contribution in [0.3, 0.4) is 0 Å². The third-order valence-corrected chi connectivity index (χ3v) is 3.51. The number of hydrogen-bond acceptors (Lipinski definition) is 4. The molecule has 2 rings (SSSR count). The molecule has 1 aliphatic rings. The minimum absolute atomic E-state index is 0.243. The average molecular weight is 313 g/mol. The van der Waals surface area contributed by atoms with Crippen LogP contribution in [0.25, 0.3) is 0 Å². The molecule has 1 heterocycles. The van der Waals surface area contributed by atoms with Crippen LogP contribution in [0.5, 0.6) is 0 Å². The summed E-state index contributed by atoms with van der Waals surface area (Å²) in [6.45, 7) is 4.07. The van der Waals surface area contributed by atoms with Crippen LogP contribution in [-0.2, 0) is 9.53 Å². The van der Waals surface area contributed by atoms with Crippen LogP contribution < -0.4 is 0 Å². The van der Waals surface area contributed by atoms with Crippen molar-refractivity contribution >= 4 is 17.8 Å². The van der Waals surface area contributed by atoms with Gasteiger partial charge in [0.05, 0.1) is 23.3 Å². The van der Waals surface area contributed by atoms with Crippen molar-refractivity contribution in [1.82, 2.24) is 4.90 Å². The lowest BCUT2D eigenvalue weighted by molar-refractivity contribution is -0.138. The van der Waals surface area contributed by atoms with E-state index in [1.165, 1.54) is 4.90 Å². The quantitative estimate of drug-likeness (QED) is 0.266. The highest BCUT2D eigenvalue weighted by molar-refractivity contribution is 6.21. The summed E-state index contributed by atoms with van der Waals surface area (Å²) < 4.78 is 4.85. The smallest absolute Gasteiger partial charge is 0.341 e. The first-order valence-electron chi connectivity index (χ1n) is 7.60. The van der Waals surface area contributed by atoms with Gasteiger partial charge in [-0.1, -0.05) is 12.1 Å². The van der Waals surface area contributed by atoms with Crippen LogP contribution in [0.1, 0.15) is 47.4 Å². The Labute approximate surface area is 135 Å². The van der Waals surface area contributed by atoms with Gasteiger partial charge in [-0.2, -0.15) is 0 Å². The number of amides is 2. The molecule has 0 unspecified atom stereocenters. The van der Waals surface area contributed by atoms with Crippen molar-refractivity contribution in [3.63, 3.8) is 0 Å². The monoisotopic (exact) mass is 313 g/mol. The minimum atomic E-state index is -0.385. The molecule has 1 aromatic rings. The normalized spacial score (nSPS) is 12.7. The number of fused-ring (bicyclic) bond motifs is 1. The van der Waals surface area contributed by atoms with Gasteiger partial charge in [0.25, 0.3) is 11.8 Å². The SMILES string of the molecule is CCOC(=O)C(C)=C=CCCCN1C(=O)c2ccccc2C1=O. The maximum Gasteiger partial charge on any atom is 0.341 e. The number of unbranched alkanes of at least 4 members (excludes halogenated alkanes) is 1. The summed E-state index contributed by atoms with van der Waals surface area (Å²) in [6.07, 6.45) is 2.96. The summed E-state index contributed by atoms with van der Waals surface area (Å²) in [4.78, 5) is 37.0. The van der Waals surface area contributed by atoms with E-state index >= 15 is 0 Å². The number of carbonyl (C=O) groups is 3. The summed E-state index contributed by atoms with van der Waals surface area (Å²) in [6, 6.07) is 6.83. The van der Waals surface area contributed by atoms with Gasteiger partial charge in [-0.05, 0) is 44.9 Å². The van der Waals surface area contributed by atoms with Crippen LogP contribution >= 0.6 is 0 Å². The van der Waals surface area contributed by atoms with E-state index in [-0.39, 0.29) is 17.8 Å². The molecule has 2 amide bonds. The molecule has 1 aromatic carbocycles. The van der Waals surface area contributed by atoms with Crippen LogP contribution in [0.2, 0.25) is 0 Å². The molecule has 23 heavy (non-hydrogen) atoms. The van der Waals surface area contributed by atoms with Gasteiger partial charge in [0.15, 0.2) is 0 Å². The number of imide groups is 1. The first-order chi connectivity index (χ1) is 11.1. The molecule has 0 N–H and O–H groups in total. The largest absolute Gasteiger partial charge is 0.462 e. The summed E-state index contributed by atoms with van der Waals surface area (Å²) in [5.41, 5.74) is 4.20. The average Bonchev–Trinajstić information content (AvgIpc) is 2.79. The van der Waals surface area contributed by atoms with Gasteiger partial charge in [0.2, 0.25) is 0 Å². The Balaban J connectivity index is 1.89. The van der Waals surface area contributed by atoms with Crippen molar-refractivity contribution in [1.29, 1.82) is 0 Å². The molecular formula is C18H19NO4. The van der Waals surface area contributed by atoms with E-state index in [2.05, 4.69) is 5.73 Å². The van der Waals surface area contributed by atoms with Gasteiger partial charge in [-0.25, -0.2) is 4.79 Å². The van der Waals surface area contributed by atoms with Gasteiger partial charge >= 0.3 is 5.97 Å². The van der Waals surface area contributed by atoms with Crippen molar-refractivity contribution in [2.75, 3.05) is 13.2 Å². The second kappa shape index (κ2) is 7.56. The van der Waals surface area contributed by atoms with Gasteiger partial charge in [0.1, 0.15) is 0 Å². The third-order valence-electron chi connectivity index (χ3n) is 3.51. The number of rotatable bonds is 6. The van der Waals surface area contributed by atoms with Gasteiger partial charge in [-0.3, -0.25) is 14.5 Å². The van der Waals surface area contributed by atoms with E-state index in [0.29, 0.717) is 42.7 Å². The van der Waals surface area contributed by atoms with Gasteiger partial charge in [-0.15, -0.1) is 5.73 Å². The maximum absolute atomic E-state index is 12.2. The second-order valence-corrected chi connectivity index (χ2v) is 5.14. The van der Waals surface area contributed by atoms with Crippen molar-refractivity contribution < 1.29 is 19.1 Å². The Morgan fingerprint density at radius 3 is 2.39 bits per heavy atom. The first kappa shape index (κ1) is 16.7. The number of nitrogens with zero attached hydrogens (tertiary/aromatic N) is 1. The fourth-order valence-corrected chi connectivity index (χ4v) is 2.32. The maximum atomic E-state index is 12.2. The van der Waals surface area contributed by atoms with Crippen LogP contribution in [0.15, 0.2) is 41.6 Å². The number of esters is 1. The standard InChI is InChI=1S/C18H19NO4/c1-3-23-18(22)13(2)9-5-4-8-12-19-16(20)14-10-6-7-11-15(14)17(19)21/h5-7,10-11H,3-4,8,12H2,1-2H3. The fraction of sp³-hybridized carbons (Fsp3) is 0.333. The van der Waals surface area contributed by atoms with E-state index < -0.39 is 0 Å². The van der Waals surface area contributed by atoms with Gasteiger partial charge < -0.3 is 4.74 Å². The Bertz CT molecular complexity index is 664. The molecule has 5 nitrogen and oxygen atoms in total. The Morgan fingerprint density at radius 2 is 1.83 bits per heavy atom. The first-order valence-corrected chi connectivity index (χ1v) is 7.60. The molecule has 0 saturated heterocycles. The van der Waals surface area contributed by atoms with Crippen molar-refractivity contribution in [3.05, 3.63) is 52.8 Å². The number of benzene rings is 1. The number of carbonyl (C=O) groups excluding carboxylic acids is 3. The highest BCUT2D eigenvalue weighted by atomic mass is 16.5. The lowest BCUT2D eigenvalue weighted by Gasteiger charge is -2.12. The van der Waals surface area contributed by atoms with Crippen LogP contribution in [-0.4, -0.2) is 35.8 Å². The molecule has 0 aliphatic carbocycles. The third kappa shape index (κ3) is 3.76. The van der Waals surface area contributed by atoms with Crippen molar-refractivity contribution in [2.24, 2.45) is 0 Å². The number of hydrogen-bond donors (Lipinski definition) is 0. The summed E-state index contributed by atoms with van der Waals surface area (Å²) in [7, 11) is 0. The molecule has 0 bridgehead atoms. The van der Waals surface area contributed by atoms with Crippen molar-refractivity contribution in [2.45, 2.75) is 26.7 Å². The van der Waals surface area contributed by atoms with Gasteiger partial charge in [0, 0.05) is 6.54 Å². The predicted molar refractivity (Wildman–Crippen MR) is 84.9 cm³/mol. The van der Waals surface area contributed by atoms with E-state index in [1.807, 2.05) is 0 Å². The summed E-state index contributed by atoms with van der Waals surface area (Å²) in [5.74, 6) is -0.871. The highest BCUT2D eigenvalue weighted by Crippen LogP contribution is 2.22. The zero-order valence-electron chi connectivity index (χ0n) is 13.3. The molecule has 0 saturated carbocycles. The predicted octanol–water partition coefficient (Wildman–Crippen LogP) is 2.73. The highest BCUT2D eigenvalue weighted by Gasteiger charge is 2.34. The lowest BCUT2D eigenvalue weighted by atomic mass is 10.1. The molecule has 0 spiro atoms. The second-order valence-electron chi connectivity index (χ2n) is 5.14. The van der Waals surface area contributed by atoms with E-state index in [1.54, 1.807) is 44.2 Å². The molecule has 0 radical (unpaired) electrons. The zero-order valence-corrected chi connectivity index (χ0v) is 13.3. The molecule has 120 valence electrons. The Kier molecular flexibility index (Phi) is 5.50. The van der Waals surface area contributed by atoms with E-state index in [9.17, 15) is 14.4 Å². The minimum Gasteiger partial charge on any atom is -0.462 e. The topological polar surface area (TPSA) is 63.7 Å². The summed E-state index contributed by atoms with van der Waals surface area (Å²) in [5, 5.41) is 0. The Hall–Kier alpha value is -2.65. The van der Waals surface area contributed by atoms with Crippen molar-refractivity contribution in [3.8, 4) is 0 Å². The van der Waals surface area contributed by atoms with E-state index in [4.69, 9.17) is 4.74 Å². The number of ether oxygens (including phenoxy) is 1. The molecule has 5 heteroatoms. The molecular weight excluding hydrogens is 294 g/mol.